The lowest BCUT2D eigenvalue weighted by Crippen LogP contribution is -2.44. The molecule has 4 heteroatoms. The molecule has 1 aliphatic heterocycles. The van der Waals surface area contributed by atoms with Crippen LogP contribution in [0.2, 0.25) is 0 Å². The number of H-pyrrole nitrogens is 1. The highest BCUT2D eigenvalue weighted by Crippen LogP contribution is 2.32. The van der Waals surface area contributed by atoms with E-state index in [0.29, 0.717) is 0 Å². The SMILES string of the molecule is CNC1CC(C)(C)CCN(c2cc[nH]c2)C1=O. The zero-order valence-electron chi connectivity index (χ0n) is 10.8. The van der Waals surface area contributed by atoms with Crippen LogP contribution in [0, 0.1) is 5.41 Å². The molecular formula is C13H21N3O. The van der Waals surface area contributed by atoms with Gasteiger partial charge in [0.2, 0.25) is 5.91 Å². The standard InChI is InChI=1S/C13H21N3O/c1-13(2)5-7-16(10-4-6-15-9-10)12(17)11(8-13)14-3/h4,6,9,11,14-15H,5,7-8H2,1-3H3. The van der Waals surface area contributed by atoms with Crippen molar-refractivity contribution >= 4 is 11.6 Å². The van der Waals surface area contributed by atoms with Crippen molar-refractivity contribution in [2.45, 2.75) is 32.7 Å². The number of aromatic nitrogens is 1. The fourth-order valence-electron chi connectivity index (χ4n) is 2.42. The van der Waals surface area contributed by atoms with Crippen LogP contribution in [0.5, 0.6) is 0 Å². The van der Waals surface area contributed by atoms with Crippen molar-refractivity contribution < 1.29 is 4.79 Å². The summed E-state index contributed by atoms with van der Waals surface area (Å²) >= 11 is 0. The van der Waals surface area contributed by atoms with Crippen molar-refractivity contribution in [3.8, 4) is 0 Å². The van der Waals surface area contributed by atoms with E-state index in [2.05, 4.69) is 24.1 Å². The first kappa shape index (κ1) is 12.2. The highest BCUT2D eigenvalue weighted by molar-refractivity contribution is 5.97. The van der Waals surface area contributed by atoms with E-state index in [1.165, 1.54) is 0 Å². The molecule has 1 atom stereocenters. The number of hydrogen-bond acceptors (Lipinski definition) is 2. The van der Waals surface area contributed by atoms with Gasteiger partial charge in [0.15, 0.2) is 0 Å². The van der Waals surface area contributed by atoms with E-state index in [-0.39, 0.29) is 17.4 Å². The summed E-state index contributed by atoms with van der Waals surface area (Å²) in [5.74, 6) is 0.178. The van der Waals surface area contributed by atoms with Gasteiger partial charge in [0, 0.05) is 18.9 Å². The first-order chi connectivity index (χ1) is 8.03. The van der Waals surface area contributed by atoms with Gasteiger partial charge in [-0.3, -0.25) is 4.79 Å². The molecule has 1 unspecified atom stereocenters. The number of likely N-dealkylation sites (N-methyl/N-ethyl adjacent to an activating group) is 1. The molecule has 0 radical (unpaired) electrons. The van der Waals surface area contributed by atoms with Crippen molar-refractivity contribution in [2.75, 3.05) is 18.5 Å². The summed E-state index contributed by atoms with van der Waals surface area (Å²) in [6.07, 6.45) is 5.65. The van der Waals surface area contributed by atoms with Crippen molar-refractivity contribution in [1.29, 1.82) is 0 Å². The van der Waals surface area contributed by atoms with Crippen LogP contribution < -0.4 is 10.2 Å². The molecule has 2 N–H and O–H groups in total. The van der Waals surface area contributed by atoms with E-state index >= 15 is 0 Å². The Kier molecular flexibility index (Phi) is 3.24. The number of anilines is 1. The van der Waals surface area contributed by atoms with Crippen LogP contribution in [-0.2, 0) is 4.79 Å². The summed E-state index contributed by atoms with van der Waals surface area (Å²) in [4.78, 5) is 17.3. The molecular weight excluding hydrogens is 214 g/mol. The summed E-state index contributed by atoms with van der Waals surface area (Å²) in [6.45, 7) is 5.25. The Morgan fingerprint density at radius 3 is 2.88 bits per heavy atom. The lowest BCUT2D eigenvalue weighted by Gasteiger charge is -2.24. The van der Waals surface area contributed by atoms with Gasteiger partial charge in [0.05, 0.1) is 11.7 Å². The number of nitrogens with zero attached hydrogens (tertiary/aromatic N) is 1. The van der Waals surface area contributed by atoms with Crippen molar-refractivity contribution in [3.05, 3.63) is 18.5 Å². The third-order valence-electron chi connectivity index (χ3n) is 3.57. The normalized spacial score (nSPS) is 24.8. The van der Waals surface area contributed by atoms with Gasteiger partial charge in [0.1, 0.15) is 0 Å². The average Bonchev–Trinajstić information content (AvgIpc) is 2.75. The van der Waals surface area contributed by atoms with E-state index in [9.17, 15) is 4.79 Å². The van der Waals surface area contributed by atoms with Gasteiger partial charge in [-0.05, 0) is 31.4 Å². The summed E-state index contributed by atoms with van der Waals surface area (Å²) in [5, 5.41) is 3.14. The van der Waals surface area contributed by atoms with Gasteiger partial charge in [-0.2, -0.15) is 0 Å². The van der Waals surface area contributed by atoms with Gasteiger partial charge < -0.3 is 15.2 Å². The summed E-state index contributed by atoms with van der Waals surface area (Å²) < 4.78 is 0. The first-order valence-corrected chi connectivity index (χ1v) is 6.15. The van der Waals surface area contributed by atoms with Gasteiger partial charge >= 0.3 is 0 Å². The molecule has 0 bridgehead atoms. The highest BCUT2D eigenvalue weighted by Gasteiger charge is 2.34. The van der Waals surface area contributed by atoms with E-state index in [4.69, 9.17) is 0 Å². The zero-order chi connectivity index (χ0) is 12.5. The van der Waals surface area contributed by atoms with Crippen molar-refractivity contribution in [1.82, 2.24) is 10.3 Å². The van der Waals surface area contributed by atoms with Crippen molar-refractivity contribution in [3.63, 3.8) is 0 Å². The first-order valence-electron chi connectivity index (χ1n) is 6.15. The molecule has 17 heavy (non-hydrogen) atoms. The lowest BCUT2D eigenvalue weighted by atomic mass is 9.83. The van der Waals surface area contributed by atoms with Crippen LogP contribution in [0.4, 0.5) is 5.69 Å². The quantitative estimate of drug-likeness (QED) is 0.820. The predicted molar refractivity (Wildman–Crippen MR) is 69.0 cm³/mol. The fourth-order valence-corrected chi connectivity index (χ4v) is 2.42. The third-order valence-corrected chi connectivity index (χ3v) is 3.57. The topological polar surface area (TPSA) is 48.1 Å². The Morgan fingerprint density at radius 2 is 2.29 bits per heavy atom. The molecule has 1 amide bonds. The van der Waals surface area contributed by atoms with Crippen LogP contribution in [0.15, 0.2) is 18.5 Å². The molecule has 4 nitrogen and oxygen atoms in total. The van der Waals surface area contributed by atoms with Crippen LogP contribution in [-0.4, -0.2) is 30.5 Å². The Hall–Kier alpha value is -1.29. The molecule has 1 aromatic rings. The molecule has 0 aromatic carbocycles. The molecule has 2 heterocycles. The zero-order valence-corrected chi connectivity index (χ0v) is 10.8. The van der Waals surface area contributed by atoms with Gasteiger partial charge in [-0.1, -0.05) is 13.8 Å². The van der Waals surface area contributed by atoms with Crippen LogP contribution in [0.1, 0.15) is 26.7 Å². The lowest BCUT2D eigenvalue weighted by molar-refractivity contribution is -0.120. The van der Waals surface area contributed by atoms with E-state index in [1.807, 2.05) is 30.4 Å². The van der Waals surface area contributed by atoms with Gasteiger partial charge in [-0.25, -0.2) is 0 Å². The Balaban J connectivity index is 2.26. The number of carbonyl (C=O) groups excluding carboxylic acids is 1. The molecule has 94 valence electrons. The number of carbonyl (C=O) groups is 1. The van der Waals surface area contributed by atoms with Crippen LogP contribution >= 0.6 is 0 Å². The molecule has 0 aliphatic carbocycles. The second-order valence-electron chi connectivity index (χ2n) is 5.52. The number of aromatic amines is 1. The molecule has 2 rings (SSSR count). The largest absolute Gasteiger partial charge is 0.366 e. The summed E-state index contributed by atoms with van der Waals surface area (Å²) in [7, 11) is 1.86. The molecule has 1 fully saturated rings. The smallest absolute Gasteiger partial charge is 0.244 e. The number of amides is 1. The second-order valence-corrected chi connectivity index (χ2v) is 5.52. The van der Waals surface area contributed by atoms with Crippen LogP contribution in [0.3, 0.4) is 0 Å². The molecule has 1 saturated heterocycles. The Morgan fingerprint density at radius 1 is 1.53 bits per heavy atom. The minimum atomic E-state index is -0.0811. The molecule has 1 aliphatic rings. The number of nitrogens with one attached hydrogen (secondary N) is 2. The fraction of sp³-hybridized carbons (Fsp3) is 0.615. The predicted octanol–water partition coefficient (Wildman–Crippen LogP) is 1.76. The molecule has 0 spiro atoms. The number of rotatable bonds is 2. The maximum Gasteiger partial charge on any atom is 0.244 e. The Bertz CT molecular complexity index is 383. The van der Waals surface area contributed by atoms with Gasteiger partial charge in [0.25, 0.3) is 0 Å². The second kappa shape index (κ2) is 4.53. The maximum absolute atomic E-state index is 12.4. The monoisotopic (exact) mass is 235 g/mol. The highest BCUT2D eigenvalue weighted by atomic mass is 16.2. The molecule has 1 aromatic heterocycles. The minimum absolute atomic E-state index is 0.0811. The average molecular weight is 235 g/mol. The van der Waals surface area contributed by atoms with Gasteiger partial charge in [-0.15, -0.1) is 0 Å². The van der Waals surface area contributed by atoms with E-state index in [1.54, 1.807) is 0 Å². The summed E-state index contributed by atoms with van der Waals surface area (Å²) in [6, 6.07) is 1.87. The number of hydrogen-bond donors (Lipinski definition) is 2. The third kappa shape index (κ3) is 2.52. The molecule has 0 saturated carbocycles. The maximum atomic E-state index is 12.4. The van der Waals surface area contributed by atoms with E-state index < -0.39 is 0 Å². The van der Waals surface area contributed by atoms with Crippen molar-refractivity contribution in [2.24, 2.45) is 5.41 Å². The Labute approximate surface area is 102 Å². The summed E-state index contributed by atoms with van der Waals surface area (Å²) in [5.41, 5.74) is 1.17. The van der Waals surface area contributed by atoms with E-state index in [0.717, 1.165) is 25.1 Å². The van der Waals surface area contributed by atoms with Crippen LogP contribution in [0.25, 0.3) is 0 Å². The minimum Gasteiger partial charge on any atom is -0.366 e.